The first kappa shape index (κ1) is 22.5. The van der Waals surface area contributed by atoms with Gasteiger partial charge in [0.25, 0.3) is 0 Å². The lowest BCUT2D eigenvalue weighted by Gasteiger charge is -2.22. The van der Waals surface area contributed by atoms with Crippen LogP contribution in [0.4, 0.5) is 0 Å². The highest BCUT2D eigenvalue weighted by Gasteiger charge is 2.15. The van der Waals surface area contributed by atoms with Crippen molar-refractivity contribution in [2.45, 2.75) is 12.1 Å². The van der Waals surface area contributed by atoms with Gasteiger partial charge in [0.1, 0.15) is 18.5 Å². The summed E-state index contributed by atoms with van der Waals surface area (Å²) in [7, 11) is 0. The number of benzene rings is 3. The number of halogens is 3. The Balaban J connectivity index is 0.00000280. The van der Waals surface area contributed by atoms with Crippen molar-refractivity contribution in [2.24, 2.45) is 0 Å². The van der Waals surface area contributed by atoms with Gasteiger partial charge >= 0.3 is 0 Å². The van der Waals surface area contributed by atoms with E-state index in [9.17, 15) is 5.11 Å². The average Bonchev–Trinajstić information content (AvgIpc) is 2.69. The number of hydrogen-bond acceptors (Lipinski definition) is 3. The van der Waals surface area contributed by atoms with Crippen LogP contribution in [0, 0.1) is 0 Å². The molecule has 2 N–H and O–H groups in total. The van der Waals surface area contributed by atoms with Gasteiger partial charge < -0.3 is 15.2 Å². The predicted octanol–water partition coefficient (Wildman–Crippen LogP) is 5.53. The largest absolute Gasteiger partial charge is 0.489 e. The van der Waals surface area contributed by atoms with Gasteiger partial charge in [-0.3, -0.25) is 0 Å². The fourth-order valence-electron chi connectivity index (χ4n) is 2.81. The zero-order valence-corrected chi connectivity index (χ0v) is 17.4. The molecule has 6 heteroatoms. The van der Waals surface area contributed by atoms with Crippen molar-refractivity contribution >= 4 is 35.6 Å². The Morgan fingerprint density at radius 2 is 1.43 bits per heavy atom. The van der Waals surface area contributed by atoms with Crippen molar-refractivity contribution in [3.63, 3.8) is 0 Å². The number of hydrogen-bond donors (Lipinski definition) is 2. The molecule has 148 valence electrons. The second-order valence-corrected chi connectivity index (χ2v) is 7.05. The van der Waals surface area contributed by atoms with Crippen molar-refractivity contribution in [1.82, 2.24) is 5.32 Å². The molecule has 0 saturated carbocycles. The van der Waals surface area contributed by atoms with Crippen LogP contribution >= 0.6 is 35.6 Å². The first-order valence-electron chi connectivity index (χ1n) is 8.72. The van der Waals surface area contributed by atoms with Crippen LogP contribution in [0.2, 0.25) is 10.0 Å². The zero-order chi connectivity index (χ0) is 19.1. The van der Waals surface area contributed by atoms with Gasteiger partial charge in [0.05, 0.1) is 11.1 Å². The van der Waals surface area contributed by atoms with E-state index < -0.39 is 6.10 Å². The van der Waals surface area contributed by atoms with E-state index in [0.29, 0.717) is 22.3 Å². The van der Waals surface area contributed by atoms with Gasteiger partial charge in [-0.1, -0.05) is 83.9 Å². The van der Waals surface area contributed by atoms with Crippen molar-refractivity contribution in [3.05, 3.63) is 100 Å². The molecule has 3 aromatic carbocycles. The van der Waals surface area contributed by atoms with E-state index in [0.717, 1.165) is 11.1 Å². The standard InChI is InChI=1S/C22H21Cl2NO2.ClH/c23-18-11-12-21(20(24)13-18)27-15-19(26)14-25-22(16-7-3-1-4-8-16)17-9-5-2-6-10-17;/h1-13,19,22,25-26H,14-15H2;1H. The molecule has 0 spiro atoms. The Bertz CT molecular complexity index is 807. The molecule has 1 atom stereocenters. The smallest absolute Gasteiger partial charge is 0.138 e. The molecule has 0 bridgehead atoms. The molecular weight excluding hydrogens is 417 g/mol. The van der Waals surface area contributed by atoms with Crippen LogP contribution in [-0.2, 0) is 0 Å². The SMILES string of the molecule is Cl.OC(CNC(c1ccccc1)c1ccccc1)COc1ccc(Cl)cc1Cl. The van der Waals surface area contributed by atoms with Gasteiger partial charge in [0.2, 0.25) is 0 Å². The Labute approximate surface area is 181 Å². The van der Waals surface area contributed by atoms with Gasteiger partial charge in [0, 0.05) is 11.6 Å². The molecule has 0 radical (unpaired) electrons. The second kappa shape index (κ2) is 11.3. The molecule has 3 rings (SSSR count). The third-order valence-electron chi connectivity index (χ3n) is 4.15. The van der Waals surface area contributed by atoms with Crippen LogP contribution in [0.15, 0.2) is 78.9 Å². The number of ether oxygens (including phenoxy) is 1. The van der Waals surface area contributed by atoms with E-state index >= 15 is 0 Å². The summed E-state index contributed by atoms with van der Waals surface area (Å²) in [5.41, 5.74) is 2.27. The maximum Gasteiger partial charge on any atom is 0.138 e. The summed E-state index contributed by atoms with van der Waals surface area (Å²) in [6.07, 6.45) is -0.688. The highest BCUT2D eigenvalue weighted by molar-refractivity contribution is 6.35. The van der Waals surface area contributed by atoms with E-state index in [-0.39, 0.29) is 25.1 Å². The Hall–Kier alpha value is -1.75. The summed E-state index contributed by atoms with van der Waals surface area (Å²) in [6, 6.07) is 25.3. The second-order valence-electron chi connectivity index (χ2n) is 6.20. The van der Waals surface area contributed by atoms with Crippen molar-refractivity contribution < 1.29 is 9.84 Å². The maximum absolute atomic E-state index is 10.3. The molecule has 0 amide bonds. The van der Waals surface area contributed by atoms with E-state index in [1.54, 1.807) is 18.2 Å². The summed E-state index contributed by atoms with van der Waals surface area (Å²) in [5, 5.41) is 14.7. The Kier molecular flexibility index (Phi) is 9.10. The molecule has 0 heterocycles. The normalized spacial score (nSPS) is 11.7. The first-order valence-corrected chi connectivity index (χ1v) is 9.48. The summed E-state index contributed by atoms with van der Waals surface area (Å²) < 4.78 is 5.62. The fourth-order valence-corrected chi connectivity index (χ4v) is 3.27. The molecule has 0 fully saturated rings. The van der Waals surface area contributed by atoms with Crippen LogP contribution in [0.5, 0.6) is 5.75 Å². The van der Waals surface area contributed by atoms with Gasteiger partial charge in [-0.2, -0.15) is 0 Å². The number of nitrogens with one attached hydrogen (secondary N) is 1. The van der Waals surface area contributed by atoms with Crippen molar-refractivity contribution in [3.8, 4) is 5.75 Å². The van der Waals surface area contributed by atoms with Crippen LogP contribution < -0.4 is 10.1 Å². The molecule has 0 aromatic heterocycles. The summed E-state index contributed by atoms with van der Waals surface area (Å²) in [4.78, 5) is 0. The third-order valence-corrected chi connectivity index (χ3v) is 4.68. The lowest BCUT2D eigenvalue weighted by atomic mass is 9.98. The average molecular weight is 439 g/mol. The van der Waals surface area contributed by atoms with Crippen LogP contribution in [-0.4, -0.2) is 24.4 Å². The predicted molar refractivity (Wildman–Crippen MR) is 118 cm³/mol. The van der Waals surface area contributed by atoms with Crippen molar-refractivity contribution in [1.29, 1.82) is 0 Å². The lowest BCUT2D eigenvalue weighted by Crippen LogP contribution is -2.34. The molecular formula is C22H22Cl3NO2. The summed E-state index contributed by atoms with van der Waals surface area (Å²) in [6.45, 7) is 0.504. The molecule has 3 nitrogen and oxygen atoms in total. The van der Waals surface area contributed by atoms with Crippen LogP contribution in [0.3, 0.4) is 0 Å². The molecule has 1 unspecified atom stereocenters. The lowest BCUT2D eigenvalue weighted by molar-refractivity contribution is 0.105. The van der Waals surface area contributed by atoms with Gasteiger partial charge in [-0.25, -0.2) is 0 Å². The van der Waals surface area contributed by atoms with Crippen molar-refractivity contribution in [2.75, 3.05) is 13.2 Å². The molecule has 0 saturated heterocycles. The van der Waals surface area contributed by atoms with E-state index in [1.807, 2.05) is 36.4 Å². The fraction of sp³-hybridized carbons (Fsp3) is 0.182. The van der Waals surface area contributed by atoms with E-state index in [1.165, 1.54) is 0 Å². The minimum absolute atomic E-state index is 0. The highest BCUT2D eigenvalue weighted by atomic mass is 35.5. The summed E-state index contributed by atoms with van der Waals surface area (Å²) in [5.74, 6) is 0.503. The van der Waals surface area contributed by atoms with E-state index in [4.69, 9.17) is 27.9 Å². The quantitative estimate of drug-likeness (QED) is 0.485. The Morgan fingerprint density at radius 3 is 1.96 bits per heavy atom. The van der Waals surface area contributed by atoms with Crippen LogP contribution in [0.1, 0.15) is 17.2 Å². The third kappa shape index (κ3) is 6.40. The van der Waals surface area contributed by atoms with Crippen LogP contribution in [0.25, 0.3) is 0 Å². The van der Waals surface area contributed by atoms with Gasteiger partial charge in [0.15, 0.2) is 0 Å². The van der Waals surface area contributed by atoms with E-state index in [2.05, 4.69) is 29.6 Å². The minimum atomic E-state index is -0.688. The maximum atomic E-state index is 10.3. The number of rotatable bonds is 8. The number of aliphatic hydroxyl groups is 1. The highest BCUT2D eigenvalue weighted by Crippen LogP contribution is 2.27. The molecule has 0 aliphatic heterocycles. The molecule has 0 aliphatic carbocycles. The molecule has 0 aliphatic rings. The number of aliphatic hydroxyl groups excluding tert-OH is 1. The first-order chi connectivity index (χ1) is 13.1. The van der Waals surface area contributed by atoms with Gasteiger partial charge in [-0.05, 0) is 29.3 Å². The monoisotopic (exact) mass is 437 g/mol. The van der Waals surface area contributed by atoms with Gasteiger partial charge in [-0.15, -0.1) is 12.4 Å². The summed E-state index contributed by atoms with van der Waals surface area (Å²) >= 11 is 12.0. The zero-order valence-electron chi connectivity index (χ0n) is 15.1. The Morgan fingerprint density at radius 1 is 0.857 bits per heavy atom. The molecule has 3 aromatic rings. The minimum Gasteiger partial charge on any atom is -0.489 e. The topological polar surface area (TPSA) is 41.5 Å². The molecule has 28 heavy (non-hydrogen) atoms.